The van der Waals surface area contributed by atoms with E-state index in [2.05, 4.69) is 10.3 Å². The Balaban J connectivity index is 0.00000264. The van der Waals surface area contributed by atoms with E-state index in [1.807, 2.05) is 0 Å². The van der Waals surface area contributed by atoms with Gasteiger partial charge in [-0.3, -0.25) is 9.59 Å². The summed E-state index contributed by atoms with van der Waals surface area (Å²) in [6.45, 7) is 1.23. The van der Waals surface area contributed by atoms with Crippen LogP contribution in [0.1, 0.15) is 23.2 Å². The molecule has 0 bridgehead atoms. The van der Waals surface area contributed by atoms with Gasteiger partial charge in [0, 0.05) is 13.2 Å². The fourth-order valence-corrected chi connectivity index (χ4v) is 2.37. The maximum absolute atomic E-state index is 12.2. The molecule has 2 amide bonds. The molecule has 1 aromatic heterocycles. The van der Waals surface area contributed by atoms with Crippen LogP contribution < -0.4 is 21.5 Å². The van der Waals surface area contributed by atoms with Crippen LogP contribution in [-0.4, -0.2) is 43.2 Å². The van der Waals surface area contributed by atoms with Crippen LogP contribution in [0.5, 0.6) is 5.88 Å². The van der Waals surface area contributed by atoms with Gasteiger partial charge in [-0.1, -0.05) is 0 Å². The van der Waals surface area contributed by atoms with Crippen LogP contribution >= 0.6 is 24.8 Å². The summed E-state index contributed by atoms with van der Waals surface area (Å²) in [4.78, 5) is 27.5. The third kappa shape index (κ3) is 5.48. The van der Waals surface area contributed by atoms with E-state index in [1.165, 1.54) is 19.4 Å². The van der Waals surface area contributed by atoms with Crippen LogP contribution in [0.4, 0.5) is 5.69 Å². The lowest BCUT2D eigenvalue weighted by atomic mass is 9.92. The van der Waals surface area contributed by atoms with Gasteiger partial charge in [0.05, 0.1) is 25.0 Å². The van der Waals surface area contributed by atoms with E-state index in [1.54, 1.807) is 0 Å². The third-order valence-corrected chi connectivity index (χ3v) is 3.65. The summed E-state index contributed by atoms with van der Waals surface area (Å²) in [5.41, 5.74) is 11.7. The number of methoxy groups -OCH3 is 1. The van der Waals surface area contributed by atoms with Gasteiger partial charge in [0.1, 0.15) is 5.56 Å². The number of nitrogens with zero attached hydrogens (tertiary/aromatic N) is 1. The fourth-order valence-electron chi connectivity index (χ4n) is 2.37. The van der Waals surface area contributed by atoms with Crippen LogP contribution in [0.3, 0.4) is 0 Å². The number of nitrogens with two attached hydrogens (primary N) is 2. The second-order valence-corrected chi connectivity index (χ2v) is 5.11. The monoisotopic (exact) mass is 380 g/mol. The smallest absolute Gasteiger partial charge is 0.254 e. The second-order valence-electron chi connectivity index (χ2n) is 5.11. The van der Waals surface area contributed by atoms with Crippen LogP contribution in [0, 0.1) is 5.92 Å². The summed E-state index contributed by atoms with van der Waals surface area (Å²) in [5.74, 6) is -0.821. The highest BCUT2D eigenvalue weighted by molar-refractivity contribution is 5.99. The minimum atomic E-state index is -0.686. The molecule has 1 aromatic rings. The second kappa shape index (κ2) is 10.3. The molecule has 0 spiro atoms. The first kappa shape index (κ1) is 22.4. The van der Waals surface area contributed by atoms with Crippen molar-refractivity contribution in [1.29, 1.82) is 0 Å². The maximum atomic E-state index is 12.2. The van der Waals surface area contributed by atoms with Crippen molar-refractivity contribution in [3.63, 3.8) is 0 Å². The summed E-state index contributed by atoms with van der Waals surface area (Å²) >= 11 is 0. The quantitative estimate of drug-likeness (QED) is 0.689. The van der Waals surface area contributed by atoms with Crippen molar-refractivity contribution in [2.75, 3.05) is 25.6 Å². The van der Waals surface area contributed by atoms with Crippen LogP contribution in [0.15, 0.2) is 12.3 Å². The Morgan fingerprint density at radius 2 is 2.00 bits per heavy atom. The molecule has 1 aliphatic rings. The highest BCUT2D eigenvalue weighted by Crippen LogP contribution is 2.21. The molecule has 5 N–H and O–H groups in total. The first-order valence-electron chi connectivity index (χ1n) is 7.01. The van der Waals surface area contributed by atoms with Crippen molar-refractivity contribution in [1.82, 2.24) is 4.98 Å². The molecule has 1 atom stereocenters. The minimum absolute atomic E-state index is 0. The van der Waals surface area contributed by atoms with Crippen LogP contribution in [0.2, 0.25) is 0 Å². The molecule has 136 valence electrons. The lowest BCUT2D eigenvalue weighted by Gasteiger charge is -2.26. The molecular formula is C14H22Cl2N4O4. The lowest BCUT2D eigenvalue weighted by molar-refractivity contribution is -0.119. The van der Waals surface area contributed by atoms with Gasteiger partial charge in [0.25, 0.3) is 5.91 Å². The van der Waals surface area contributed by atoms with Gasteiger partial charge in [-0.25, -0.2) is 4.98 Å². The van der Waals surface area contributed by atoms with Gasteiger partial charge in [-0.05, 0) is 24.8 Å². The van der Waals surface area contributed by atoms with E-state index in [-0.39, 0.29) is 48.1 Å². The van der Waals surface area contributed by atoms with Gasteiger partial charge in [0.2, 0.25) is 11.8 Å². The molecule has 24 heavy (non-hydrogen) atoms. The van der Waals surface area contributed by atoms with Crippen LogP contribution in [-0.2, 0) is 9.53 Å². The van der Waals surface area contributed by atoms with Gasteiger partial charge in [-0.15, -0.1) is 24.8 Å². The standard InChI is InChI=1S/C14H20N4O4.2ClH/c1-21-14-10(12(16)19)6-9(7-17-14)18-13(20)11(15)8-2-4-22-5-3-8;;/h6-8,11H,2-5,15H2,1H3,(H2,16,19)(H,18,20);2*1H. The number of ether oxygens (including phenoxy) is 2. The molecule has 1 fully saturated rings. The largest absolute Gasteiger partial charge is 0.480 e. The molecule has 2 rings (SSSR count). The van der Waals surface area contributed by atoms with Gasteiger partial charge < -0.3 is 26.3 Å². The highest BCUT2D eigenvalue weighted by atomic mass is 35.5. The number of rotatable bonds is 5. The maximum Gasteiger partial charge on any atom is 0.254 e. The minimum Gasteiger partial charge on any atom is -0.480 e. The number of carbonyl (C=O) groups excluding carboxylic acids is 2. The molecule has 0 radical (unpaired) electrons. The topological polar surface area (TPSA) is 130 Å². The zero-order valence-corrected chi connectivity index (χ0v) is 14.8. The molecule has 0 aliphatic carbocycles. The molecule has 0 saturated carbocycles. The van der Waals surface area contributed by atoms with E-state index in [0.29, 0.717) is 18.9 Å². The number of hydrogen-bond donors (Lipinski definition) is 3. The predicted molar refractivity (Wildman–Crippen MR) is 94.0 cm³/mol. The first-order chi connectivity index (χ1) is 10.5. The van der Waals surface area contributed by atoms with E-state index in [0.717, 1.165) is 12.8 Å². The molecular weight excluding hydrogens is 359 g/mol. The number of hydrogen-bond acceptors (Lipinski definition) is 6. The number of aromatic nitrogens is 1. The predicted octanol–water partition coefficient (Wildman–Crippen LogP) is 0.725. The highest BCUT2D eigenvalue weighted by Gasteiger charge is 2.26. The molecule has 1 saturated heterocycles. The van der Waals surface area contributed by atoms with E-state index >= 15 is 0 Å². The number of anilines is 1. The summed E-state index contributed by atoms with van der Waals surface area (Å²) in [6.07, 6.45) is 2.89. The summed E-state index contributed by atoms with van der Waals surface area (Å²) < 4.78 is 10.2. The zero-order valence-electron chi connectivity index (χ0n) is 13.2. The van der Waals surface area contributed by atoms with Crippen molar-refractivity contribution in [3.8, 4) is 5.88 Å². The van der Waals surface area contributed by atoms with Gasteiger partial charge in [-0.2, -0.15) is 0 Å². The van der Waals surface area contributed by atoms with E-state index in [9.17, 15) is 9.59 Å². The third-order valence-electron chi connectivity index (χ3n) is 3.65. The Kier molecular flexibility index (Phi) is 9.60. The van der Waals surface area contributed by atoms with Crippen molar-refractivity contribution in [2.45, 2.75) is 18.9 Å². The normalized spacial score (nSPS) is 15.4. The van der Waals surface area contributed by atoms with Crippen molar-refractivity contribution < 1.29 is 19.1 Å². The average molecular weight is 381 g/mol. The van der Waals surface area contributed by atoms with Crippen molar-refractivity contribution in [2.24, 2.45) is 17.4 Å². The van der Waals surface area contributed by atoms with Crippen molar-refractivity contribution in [3.05, 3.63) is 17.8 Å². The number of pyridine rings is 1. The summed E-state index contributed by atoms with van der Waals surface area (Å²) in [7, 11) is 1.38. The zero-order chi connectivity index (χ0) is 16.1. The molecule has 1 aliphatic heterocycles. The number of amides is 2. The summed E-state index contributed by atoms with van der Waals surface area (Å²) in [6, 6.07) is 0.783. The Morgan fingerprint density at radius 3 is 2.54 bits per heavy atom. The molecule has 8 nitrogen and oxygen atoms in total. The molecule has 10 heteroatoms. The van der Waals surface area contributed by atoms with Crippen molar-refractivity contribution >= 4 is 42.3 Å². The fraction of sp³-hybridized carbons (Fsp3) is 0.500. The van der Waals surface area contributed by atoms with Gasteiger partial charge >= 0.3 is 0 Å². The Bertz CT molecular complexity index is 568. The number of nitrogens with one attached hydrogen (secondary N) is 1. The molecule has 2 heterocycles. The Labute approximate surface area is 152 Å². The SMILES string of the molecule is COc1ncc(NC(=O)C(N)C2CCOCC2)cc1C(N)=O.Cl.Cl. The average Bonchev–Trinajstić information content (AvgIpc) is 2.54. The lowest BCUT2D eigenvalue weighted by Crippen LogP contribution is -2.44. The number of carbonyl (C=O) groups is 2. The van der Waals surface area contributed by atoms with E-state index < -0.39 is 11.9 Å². The van der Waals surface area contributed by atoms with E-state index in [4.69, 9.17) is 20.9 Å². The molecule has 1 unspecified atom stereocenters. The first-order valence-corrected chi connectivity index (χ1v) is 7.01. The van der Waals surface area contributed by atoms with Crippen LogP contribution in [0.25, 0.3) is 0 Å². The van der Waals surface area contributed by atoms with Gasteiger partial charge in [0.15, 0.2) is 0 Å². The molecule has 0 aromatic carbocycles. The Hall–Kier alpha value is -1.61. The summed E-state index contributed by atoms with van der Waals surface area (Å²) in [5, 5.41) is 2.65. The Morgan fingerprint density at radius 1 is 1.38 bits per heavy atom. The number of halogens is 2. The number of primary amides is 1.